The Morgan fingerprint density at radius 2 is 1.68 bits per heavy atom. The van der Waals surface area contributed by atoms with Crippen molar-refractivity contribution in [2.75, 3.05) is 7.11 Å². The summed E-state index contributed by atoms with van der Waals surface area (Å²) in [5, 5.41) is 0. The number of thiazole rings is 1. The van der Waals surface area contributed by atoms with Crippen LogP contribution in [-0.2, 0) is 20.6 Å². The van der Waals surface area contributed by atoms with Crippen molar-refractivity contribution in [2.45, 2.75) is 11.8 Å². The molecular weight excluding hydrogens is 318 g/mol. The average Bonchev–Trinajstić information content (AvgIpc) is 2.90. The van der Waals surface area contributed by atoms with Gasteiger partial charge in [0.05, 0.1) is 12.0 Å². The van der Waals surface area contributed by atoms with Crippen LogP contribution in [0, 0.1) is 6.92 Å². The minimum atomic E-state index is -3.51. The van der Waals surface area contributed by atoms with Crippen LogP contribution in [0.15, 0.2) is 58.9 Å². The zero-order valence-corrected chi connectivity index (χ0v) is 14.3. The molecule has 0 aliphatic carbocycles. The summed E-state index contributed by atoms with van der Waals surface area (Å²) in [6.45, 7) is 1.89. The summed E-state index contributed by atoms with van der Waals surface area (Å²) >= 11 is 0. The molecule has 0 bridgehead atoms. The second-order valence-corrected chi connectivity index (χ2v) is 8.17. The lowest BCUT2D eigenvalue weighted by Crippen LogP contribution is -2.02. The fraction of sp³-hybridized carbons (Fsp3) is 0.188. The van der Waals surface area contributed by atoms with E-state index in [-0.39, 0.29) is 15.4 Å². The molecule has 0 saturated heterocycles. The van der Waals surface area contributed by atoms with Crippen LogP contribution in [0.1, 0.15) is 5.56 Å². The summed E-state index contributed by atoms with van der Waals surface area (Å²) < 4.78 is 27.9. The molecule has 0 fully saturated rings. The molecule has 1 aromatic heterocycles. The number of para-hydroxylation sites is 1. The second-order valence-electron chi connectivity index (χ2n) is 4.69. The summed E-state index contributed by atoms with van der Waals surface area (Å²) in [7, 11) is -2.11. The van der Waals surface area contributed by atoms with Gasteiger partial charge in [0.15, 0.2) is 4.70 Å². The zero-order valence-electron chi connectivity index (χ0n) is 12.7. The van der Waals surface area contributed by atoms with E-state index in [0.29, 0.717) is 0 Å². The number of hydrogen-bond acceptors (Lipinski definition) is 4. The van der Waals surface area contributed by atoms with Gasteiger partial charge in [-0.05, 0) is 25.1 Å². The van der Waals surface area contributed by atoms with Crippen molar-refractivity contribution in [3.05, 3.63) is 59.6 Å². The number of rotatable bonds is 2. The Morgan fingerprint density at radius 3 is 2.27 bits per heavy atom. The van der Waals surface area contributed by atoms with Gasteiger partial charge in [0, 0.05) is 16.5 Å². The molecule has 116 valence electrons. The minimum Gasteiger partial charge on any atom is -0.270 e. The van der Waals surface area contributed by atoms with Crippen LogP contribution >= 0.6 is 10.5 Å². The second kappa shape index (κ2) is 7.00. The molecule has 0 spiro atoms. The zero-order chi connectivity index (χ0) is 16.2. The predicted molar refractivity (Wildman–Crippen MR) is 90.6 cm³/mol. The highest BCUT2D eigenvalue weighted by molar-refractivity contribution is 7.86. The largest absolute Gasteiger partial charge is 0.296 e. The SMILES string of the molecule is COS(=O)(=O)c1ccc(C)cc1.C[s+]1cnc2ccccc21. The lowest BCUT2D eigenvalue weighted by atomic mass is 10.2. The third kappa shape index (κ3) is 3.91. The summed E-state index contributed by atoms with van der Waals surface area (Å²) in [6, 6.07) is 14.8. The van der Waals surface area contributed by atoms with Crippen LogP contribution in [0.4, 0.5) is 0 Å². The van der Waals surface area contributed by atoms with E-state index in [2.05, 4.69) is 33.6 Å². The highest BCUT2D eigenvalue weighted by atomic mass is 32.2. The van der Waals surface area contributed by atoms with Crippen LogP contribution in [0.5, 0.6) is 0 Å². The number of aromatic nitrogens is 1. The number of benzene rings is 2. The number of aryl methyl sites for hydroxylation is 2. The highest BCUT2D eigenvalue weighted by Crippen LogP contribution is 2.25. The van der Waals surface area contributed by atoms with E-state index in [1.165, 1.54) is 16.8 Å². The maximum Gasteiger partial charge on any atom is 0.296 e. The fourth-order valence-electron chi connectivity index (χ4n) is 1.83. The quantitative estimate of drug-likeness (QED) is 0.527. The van der Waals surface area contributed by atoms with Crippen molar-refractivity contribution < 1.29 is 12.6 Å². The number of fused-ring (bicyclic) bond motifs is 1. The highest BCUT2D eigenvalue weighted by Gasteiger charge is 2.11. The third-order valence-corrected chi connectivity index (χ3v) is 5.84. The van der Waals surface area contributed by atoms with Crippen LogP contribution in [0.3, 0.4) is 0 Å². The molecule has 0 N–H and O–H groups in total. The van der Waals surface area contributed by atoms with Crippen LogP contribution in [0.25, 0.3) is 10.2 Å². The molecule has 3 rings (SSSR count). The molecule has 0 aliphatic rings. The normalized spacial score (nSPS) is 11.9. The first-order valence-electron chi connectivity index (χ1n) is 6.59. The molecule has 0 saturated carbocycles. The van der Waals surface area contributed by atoms with Gasteiger partial charge in [0.1, 0.15) is 11.8 Å². The molecule has 2 aromatic carbocycles. The van der Waals surface area contributed by atoms with Crippen molar-refractivity contribution in [1.29, 1.82) is 0 Å². The molecule has 3 aromatic rings. The third-order valence-electron chi connectivity index (χ3n) is 3.09. The molecule has 1 atom stereocenters. The van der Waals surface area contributed by atoms with Crippen molar-refractivity contribution >= 4 is 30.8 Å². The maximum absolute atomic E-state index is 11.1. The lowest BCUT2D eigenvalue weighted by molar-refractivity contribution is 0.398. The van der Waals surface area contributed by atoms with Crippen molar-refractivity contribution in [2.24, 2.45) is 6.26 Å². The summed E-state index contributed by atoms with van der Waals surface area (Å²) in [4.78, 5) is 4.46. The average molecular weight is 336 g/mol. The Hall–Kier alpha value is -1.76. The van der Waals surface area contributed by atoms with Crippen LogP contribution in [0.2, 0.25) is 0 Å². The molecule has 22 heavy (non-hydrogen) atoms. The van der Waals surface area contributed by atoms with Gasteiger partial charge in [-0.2, -0.15) is 13.4 Å². The molecule has 6 heteroatoms. The van der Waals surface area contributed by atoms with Crippen molar-refractivity contribution in [1.82, 2.24) is 4.98 Å². The van der Waals surface area contributed by atoms with E-state index in [1.807, 2.05) is 18.5 Å². The predicted octanol–water partition coefficient (Wildman–Crippen LogP) is 3.85. The lowest BCUT2D eigenvalue weighted by Gasteiger charge is -2.00. The first kappa shape index (κ1) is 16.6. The van der Waals surface area contributed by atoms with Gasteiger partial charge in [-0.25, -0.2) is 0 Å². The van der Waals surface area contributed by atoms with E-state index in [0.717, 1.165) is 18.2 Å². The first-order chi connectivity index (χ1) is 10.4. The van der Waals surface area contributed by atoms with Gasteiger partial charge < -0.3 is 0 Å². The molecule has 4 nitrogen and oxygen atoms in total. The summed E-state index contributed by atoms with van der Waals surface area (Å²) in [5.41, 5.74) is 4.18. The Kier molecular flexibility index (Phi) is 5.28. The Morgan fingerprint density at radius 1 is 1.05 bits per heavy atom. The topological polar surface area (TPSA) is 56.3 Å². The molecule has 0 aliphatic heterocycles. The minimum absolute atomic E-state index is 0.190. The molecule has 1 unspecified atom stereocenters. The standard InChI is InChI=1S/C8H8NS.C8H10O3S/c1-10-6-9-7-4-2-3-5-8(7)10;1-7-3-5-8(6-4-7)12(9,10)11-2/h2-6H,1H3;3-6H,1-2H3/q+1;. The summed E-state index contributed by atoms with van der Waals surface area (Å²) in [6.07, 6.45) is 2.19. The van der Waals surface area contributed by atoms with E-state index in [4.69, 9.17) is 0 Å². The summed E-state index contributed by atoms with van der Waals surface area (Å²) in [5.74, 6) is 0. The van der Waals surface area contributed by atoms with Gasteiger partial charge in [-0.15, -0.1) is 0 Å². The van der Waals surface area contributed by atoms with E-state index >= 15 is 0 Å². The monoisotopic (exact) mass is 336 g/mol. The van der Waals surface area contributed by atoms with E-state index < -0.39 is 10.1 Å². The smallest absolute Gasteiger partial charge is 0.270 e. The molecule has 0 amide bonds. The fourth-order valence-corrected chi connectivity index (χ4v) is 3.62. The Labute approximate surface area is 133 Å². The number of hydrogen-bond donors (Lipinski definition) is 0. The van der Waals surface area contributed by atoms with Gasteiger partial charge in [-0.3, -0.25) is 4.18 Å². The van der Waals surface area contributed by atoms with Gasteiger partial charge in [0.2, 0.25) is 5.51 Å². The Balaban J connectivity index is 0.000000162. The van der Waals surface area contributed by atoms with Gasteiger partial charge >= 0.3 is 0 Å². The molecule has 1 heterocycles. The van der Waals surface area contributed by atoms with Crippen molar-refractivity contribution in [3.63, 3.8) is 0 Å². The molecule has 0 radical (unpaired) electrons. The van der Waals surface area contributed by atoms with Crippen LogP contribution < -0.4 is 0 Å². The number of nitrogens with zero attached hydrogens (tertiary/aromatic N) is 1. The van der Waals surface area contributed by atoms with Crippen molar-refractivity contribution in [3.8, 4) is 0 Å². The van der Waals surface area contributed by atoms with Gasteiger partial charge in [-0.1, -0.05) is 29.8 Å². The van der Waals surface area contributed by atoms with Crippen LogP contribution in [-0.4, -0.2) is 20.5 Å². The van der Waals surface area contributed by atoms with E-state index in [1.54, 1.807) is 12.1 Å². The first-order valence-corrected chi connectivity index (χ1v) is 9.70. The van der Waals surface area contributed by atoms with E-state index in [9.17, 15) is 8.42 Å². The Bertz CT molecular complexity index is 852. The molecular formula is C16H18NO3S2+. The maximum atomic E-state index is 11.1. The van der Waals surface area contributed by atoms with Gasteiger partial charge in [0.25, 0.3) is 10.1 Å².